The minimum Gasteiger partial charge on any atom is -0.318 e. The van der Waals surface area contributed by atoms with Gasteiger partial charge in [-0.25, -0.2) is 9.78 Å². The summed E-state index contributed by atoms with van der Waals surface area (Å²) in [6.45, 7) is 1.63. The van der Waals surface area contributed by atoms with Gasteiger partial charge in [0.1, 0.15) is 5.54 Å². The molecule has 9 heteroatoms. The van der Waals surface area contributed by atoms with Crippen molar-refractivity contribution in [1.29, 1.82) is 0 Å². The van der Waals surface area contributed by atoms with Crippen LogP contribution in [0.1, 0.15) is 36.7 Å². The first kappa shape index (κ1) is 22.2. The third-order valence-corrected chi connectivity index (χ3v) is 7.17. The number of hydrogen-bond donors (Lipinski definition) is 2. The van der Waals surface area contributed by atoms with E-state index in [2.05, 4.69) is 15.3 Å². The molecule has 2 aromatic carbocycles. The molecule has 5 rings (SSSR count). The normalized spacial score (nSPS) is 19.6. The number of para-hydroxylation sites is 1. The third kappa shape index (κ3) is 3.96. The minimum atomic E-state index is -1.23. The summed E-state index contributed by atoms with van der Waals surface area (Å²) >= 11 is 1.30. The van der Waals surface area contributed by atoms with Crippen molar-refractivity contribution in [3.63, 3.8) is 0 Å². The summed E-state index contributed by atoms with van der Waals surface area (Å²) in [4.78, 5) is 43.1. The Morgan fingerprint density at radius 3 is 2.47 bits per heavy atom. The number of amides is 4. The molecule has 1 aromatic heterocycles. The Bertz CT molecular complexity index is 1240. The Hall–Kier alpha value is -3.59. The van der Waals surface area contributed by atoms with Crippen molar-refractivity contribution in [2.45, 2.75) is 43.3 Å². The highest BCUT2D eigenvalue weighted by Gasteiger charge is 2.49. The average Bonchev–Trinajstić information content (AvgIpc) is 3.34. The number of imidazole rings is 1. The molecule has 2 N–H and O–H groups in total. The van der Waals surface area contributed by atoms with Crippen LogP contribution in [0.25, 0.3) is 5.69 Å². The summed E-state index contributed by atoms with van der Waals surface area (Å²) in [6, 6.07) is 18.3. The van der Waals surface area contributed by atoms with Gasteiger partial charge in [0.05, 0.1) is 11.4 Å². The predicted molar refractivity (Wildman–Crippen MR) is 128 cm³/mol. The molecule has 0 saturated carbocycles. The largest absolute Gasteiger partial charge is 0.344 e. The number of carbonyl (C=O) groups is 3. The second-order valence-electron chi connectivity index (χ2n) is 8.55. The fraction of sp³-hybridized carbons (Fsp3) is 0.280. The number of thioether (sulfide) groups is 1. The monoisotopic (exact) mass is 475 g/mol. The van der Waals surface area contributed by atoms with E-state index < -0.39 is 23.4 Å². The van der Waals surface area contributed by atoms with Gasteiger partial charge in [0.2, 0.25) is 5.91 Å². The number of urea groups is 1. The van der Waals surface area contributed by atoms with Crippen LogP contribution in [0.2, 0.25) is 0 Å². The molecule has 1 unspecified atom stereocenters. The van der Waals surface area contributed by atoms with Gasteiger partial charge in [0.25, 0.3) is 5.91 Å². The van der Waals surface area contributed by atoms with Crippen LogP contribution in [0.5, 0.6) is 0 Å². The van der Waals surface area contributed by atoms with Gasteiger partial charge in [0, 0.05) is 11.4 Å². The van der Waals surface area contributed by atoms with Gasteiger partial charge in [-0.3, -0.25) is 19.6 Å². The fourth-order valence-electron chi connectivity index (χ4n) is 4.45. The van der Waals surface area contributed by atoms with Crippen molar-refractivity contribution in [2.24, 2.45) is 0 Å². The number of nitrogens with zero attached hydrogens (tertiary/aromatic N) is 3. The SMILES string of the molecule is CC1(c2ccccc2)NC(=O)N(NC(=O)CSc2nc3c(n2-c2ccccc2)CCCC3)C1=O. The summed E-state index contributed by atoms with van der Waals surface area (Å²) in [5.74, 6) is -0.961. The van der Waals surface area contributed by atoms with Gasteiger partial charge in [-0.05, 0) is 50.3 Å². The molecule has 174 valence electrons. The van der Waals surface area contributed by atoms with Crippen LogP contribution in [0.3, 0.4) is 0 Å². The lowest BCUT2D eigenvalue weighted by molar-refractivity contribution is -0.138. The number of benzene rings is 2. The molecule has 3 aromatic rings. The van der Waals surface area contributed by atoms with E-state index in [1.165, 1.54) is 17.5 Å². The van der Waals surface area contributed by atoms with Crippen molar-refractivity contribution in [2.75, 3.05) is 5.75 Å². The number of hydrazine groups is 1. The molecule has 2 heterocycles. The highest BCUT2D eigenvalue weighted by atomic mass is 32.2. The summed E-state index contributed by atoms with van der Waals surface area (Å²) in [6.07, 6.45) is 4.10. The van der Waals surface area contributed by atoms with Crippen LogP contribution in [0.4, 0.5) is 4.79 Å². The highest BCUT2D eigenvalue weighted by molar-refractivity contribution is 7.99. The molecule has 1 aliphatic carbocycles. The molecule has 1 aliphatic heterocycles. The maximum Gasteiger partial charge on any atom is 0.344 e. The molecule has 0 radical (unpaired) electrons. The molecule has 1 saturated heterocycles. The van der Waals surface area contributed by atoms with Gasteiger partial charge >= 0.3 is 6.03 Å². The molecule has 2 aliphatic rings. The third-order valence-electron chi connectivity index (χ3n) is 6.23. The second kappa shape index (κ2) is 8.98. The van der Waals surface area contributed by atoms with E-state index in [0.717, 1.165) is 47.2 Å². The quantitative estimate of drug-likeness (QED) is 0.421. The van der Waals surface area contributed by atoms with Gasteiger partial charge in [-0.2, -0.15) is 5.01 Å². The Morgan fingerprint density at radius 2 is 1.74 bits per heavy atom. The van der Waals surface area contributed by atoms with E-state index in [1.807, 2.05) is 36.4 Å². The first-order valence-electron chi connectivity index (χ1n) is 11.3. The smallest absolute Gasteiger partial charge is 0.318 e. The number of hydrogen-bond acceptors (Lipinski definition) is 5. The Balaban J connectivity index is 1.31. The fourth-order valence-corrected chi connectivity index (χ4v) is 5.29. The van der Waals surface area contributed by atoms with Crippen molar-refractivity contribution in [1.82, 2.24) is 25.3 Å². The lowest BCUT2D eigenvalue weighted by Gasteiger charge is -2.22. The van der Waals surface area contributed by atoms with Crippen LogP contribution in [-0.4, -0.2) is 38.2 Å². The lowest BCUT2D eigenvalue weighted by atomic mass is 9.92. The second-order valence-corrected chi connectivity index (χ2v) is 9.49. The van der Waals surface area contributed by atoms with Crippen molar-refractivity contribution in [3.05, 3.63) is 77.6 Å². The Kier molecular flexibility index (Phi) is 5.87. The van der Waals surface area contributed by atoms with Crippen molar-refractivity contribution >= 4 is 29.6 Å². The zero-order chi connectivity index (χ0) is 23.7. The van der Waals surface area contributed by atoms with Crippen molar-refractivity contribution < 1.29 is 14.4 Å². The van der Waals surface area contributed by atoms with E-state index in [9.17, 15) is 14.4 Å². The maximum absolute atomic E-state index is 13.0. The van der Waals surface area contributed by atoms with E-state index in [1.54, 1.807) is 31.2 Å². The molecule has 1 fully saturated rings. The first-order valence-corrected chi connectivity index (χ1v) is 12.3. The average molecular weight is 476 g/mol. The molecular weight excluding hydrogens is 450 g/mol. The minimum absolute atomic E-state index is 0.0157. The first-order chi connectivity index (χ1) is 16.5. The number of imide groups is 1. The van der Waals surface area contributed by atoms with Crippen LogP contribution >= 0.6 is 11.8 Å². The standard InChI is InChI=1S/C25H25N5O3S/c1-25(17-10-4-2-5-11-17)22(32)30(23(33)27-25)28-21(31)16-34-24-26-19-14-8-9-15-20(19)29(24)18-12-6-3-7-13-18/h2-7,10-13H,8-9,14-16H2,1H3,(H,27,33)(H,28,31). The molecule has 1 atom stereocenters. The maximum atomic E-state index is 13.0. The predicted octanol–water partition coefficient (Wildman–Crippen LogP) is 3.34. The molecule has 0 bridgehead atoms. The number of nitrogens with one attached hydrogen (secondary N) is 2. The molecule has 4 amide bonds. The number of rotatable bonds is 6. The molecular formula is C25H25N5O3S. The van der Waals surface area contributed by atoms with Gasteiger partial charge in [-0.15, -0.1) is 0 Å². The van der Waals surface area contributed by atoms with Gasteiger partial charge in [0.15, 0.2) is 5.16 Å². The molecule has 34 heavy (non-hydrogen) atoms. The van der Waals surface area contributed by atoms with Gasteiger partial charge in [-0.1, -0.05) is 60.3 Å². The summed E-state index contributed by atoms with van der Waals surface area (Å²) in [7, 11) is 0. The number of aromatic nitrogens is 2. The molecule has 0 spiro atoms. The number of aryl methyl sites for hydroxylation is 1. The van der Waals surface area contributed by atoms with E-state index in [4.69, 9.17) is 4.98 Å². The van der Waals surface area contributed by atoms with E-state index >= 15 is 0 Å². The summed E-state index contributed by atoms with van der Waals surface area (Å²) < 4.78 is 2.12. The zero-order valence-corrected chi connectivity index (χ0v) is 19.6. The van der Waals surface area contributed by atoms with Gasteiger partial charge < -0.3 is 5.32 Å². The zero-order valence-electron chi connectivity index (χ0n) is 18.8. The topological polar surface area (TPSA) is 96.3 Å². The number of fused-ring (bicyclic) bond motifs is 1. The lowest BCUT2D eigenvalue weighted by Crippen LogP contribution is -2.48. The van der Waals surface area contributed by atoms with Crippen LogP contribution < -0.4 is 10.7 Å². The van der Waals surface area contributed by atoms with Crippen LogP contribution in [0.15, 0.2) is 65.8 Å². The highest BCUT2D eigenvalue weighted by Crippen LogP contribution is 2.31. The van der Waals surface area contributed by atoms with E-state index in [0.29, 0.717) is 5.56 Å². The summed E-state index contributed by atoms with van der Waals surface area (Å²) in [5.41, 5.74) is 5.15. The van der Waals surface area contributed by atoms with Crippen LogP contribution in [-0.2, 0) is 28.0 Å². The van der Waals surface area contributed by atoms with E-state index in [-0.39, 0.29) is 5.75 Å². The van der Waals surface area contributed by atoms with Crippen molar-refractivity contribution in [3.8, 4) is 5.69 Å². The number of carbonyl (C=O) groups excluding carboxylic acids is 3. The molecule has 8 nitrogen and oxygen atoms in total. The Morgan fingerprint density at radius 1 is 1.06 bits per heavy atom. The summed E-state index contributed by atoms with van der Waals surface area (Å²) in [5, 5.41) is 4.19. The van der Waals surface area contributed by atoms with Crippen LogP contribution in [0, 0.1) is 0 Å². The Labute approximate surface area is 201 Å².